The van der Waals surface area contributed by atoms with Crippen molar-refractivity contribution in [2.45, 2.75) is 13.8 Å². The van der Waals surface area contributed by atoms with Crippen LogP contribution < -0.4 is 4.74 Å². The summed E-state index contributed by atoms with van der Waals surface area (Å²) in [5.74, 6) is 2.23. The Kier molecular flexibility index (Phi) is 2.26. The van der Waals surface area contributed by atoms with Gasteiger partial charge in [-0.3, -0.25) is 0 Å². The van der Waals surface area contributed by atoms with Gasteiger partial charge in [0.1, 0.15) is 5.78 Å². The first-order chi connectivity index (χ1) is 5.20. The Balaban J connectivity index is 0.000000134. The maximum Gasteiger partial charge on any atom is 0.170 e. The van der Waals surface area contributed by atoms with Crippen LogP contribution in [0.4, 0.5) is 0 Å². The van der Waals surface area contributed by atoms with Gasteiger partial charge in [-0.15, -0.1) is 0 Å². The first kappa shape index (κ1) is 7.79. The molecule has 1 aliphatic rings. The molecule has 0 saturated carbocycles. The third kappa shape index (κ3) is 2.85. The number of carbonyl (C=O) groups excluding carboxylic acids is 1. The van der Waals surface area contributed by atoms with Gasteiger partial charge < -0.3 is 9.53 Å². The van der Waals surface area contributed by atoms with Crippen LogP contribution in [0.5, 0.6) is 11.5 Å². The quantitative estimate of drug-likeness (QED) is 0.539. The lowest BCUT2D eigenvalue weighted by atomic mass is 10.4. The maximum atomic E-state index is 9.44. The number of carbonyl (C=O) groups is 1. The third-order valence-corrected chi connectivity index (χ3v) is 1.03. The van der Waals surface area contributed by atoms with Gasteiger partial charge in [0.2, 0.25) is 0 Å². The van der Waals surface area contributed by atoms with E-state index >= 15 is 0 Å². The Hall–Kier alpha value is -1.31. The van der Waals surface area contributed by atoms with E-state index in [-0.39, 0.29) is 5.78 Å². The number of ether oxygens (including phenoxy) is 1. The predicted octanol–water partition coefficient (Wildman–Crippen LogP) is 2.39. The monoisotopic (exact) mass is 150 g/mol. The van der Waals surface area contributed by atoms with Gasteiger partial charge >= 0.3 is 0 Å². The predicted molar refractivity (Wildman–Crippen MR) is 42.9 cm³/mol. The summed E-state index contributed by atoms with van der Waals surface area (Å²) in [5.41, 5.74) is 0. The molecule has 0 fully saturated rings. The van der Waals surface area contributed by atoms with Crippen LogP contribution in [0.2, 0.25) is 0 Å². The second-order valence-electron chi connectivity index (χ2n) is 2.46. The van der Waals surface area contributed by atoms with E-state index in [0.29, 0.717) is 0 Å². The Morgan fingerprint density at radius 3 is 1.82 bits per heavy atom. The van der Waals surface area contributed by atoms with Crippen molar-refractivity contribution in [3.8, 4) is 11.5 Å². The average Bonchev–Trinajstić information content (AvgIpc) is 2.62. The maximum absolute atomic E-state index is 9.44. The van der Waals surface area contributed by atoms with Gasteiger partial charge in [-0.25, -0.2) is 0 Å². The van der Waals surface area contributed by atoms with Crippen molar-refractivity contribution in [2.75, 3.05) is 0 Å². The smallest absolute Gasteiger partial charge is 0.170 e. The van der Waals surface area contributed by atoms with Crippen molar-refractivity contribution in [3.63, 3.8) is 0 Å². The van der Waals surface area contributed by atoms with E-state index in [1.165, 1.54) is 13.8 Å². The number of rotatable bonds is 0. The largest absolute Gasteiger partial charge is 0.450 e. The van der Waals surface area contributed by atoms with E-state index in [0.717, 1.165) is 11.5 Å². The fraction of sp³-hybridized carbons (Fsp3) is 0.222. The molecule has 1 aromatic rings. The second-order valence-corrected chi connectivity index (χ2v) is 2.46. The number of benzene rings is 1. The van der Waals surface area contributed by atoms with Gasteiger partial charge in [-0.2, -0.15) is 0 Å². The summed E-state index contributed by atoms with van der Waals surface area (Å²) < 4.78 is 4.94. The first-order valence-corrected chi connectivity index (χ1v) is 3.44. The highest BCUT2D eigenvalue weighted by molar-refractivity contribution is 5.72. The molecule has 1 aliphatic heterocycles. The SMILES string of the molecule is CC(C)=O.c1ccc2c(c1)O2. The van der Waals surface area contributed by atoms with Crippen molar-refractivity contribution in [1.82, 2.24) is 0 Å². The van der Waals surface area contributed by atoms with Crippen LogP contribution >= 0.6 is 0 Å². The summed E-state index contributed by atoms with van der Waals surface area (Å²) in [4.78, 5) is 9.44. The van der Waals surface area contributed by atoms with Gasteiger partial charge in [0.15, 0.2) is 11.5 Å². The van der Waals surface area contributed by atoms with E-state index in [1.807, 2.05) is 24.3 Å². The molecule has 2 nitrogen and oxygen atoms in total. The van der Waals surface area contributed by atoms with Crippen LogP contribution in [0.25, 0.3) is 0 Å². The standard InChI is InChI=1S/C6H4O.C3H6O/c1-2-4-6-5(3-1)7-6;1-3(2)4/h1-4H;1-2H3. The Bertz CT molecular complexity index is 241. The zero-order valence-corrected chi connectivity index (χ0v) is 6.63. The molecule has 1 aromatic carbocycles. The van der Waals surface area contributed by atoms with Gasteiger partial charge in [0.05, 0.1) is 0 Å². The Labute approximate surface area is 65.8 Å². The van der Waals surface area contributed by atoms with Crippen molar-refractivity contribution < 1.29 is 9.53 Å². The fourth-order valence-electron chi connectivity index (χ4n) is 0.611. The lowest BCUT2D eigenvalue weighted by molar-refractivity contribution is -0.114. The first-order valence-electron chi connectivity index (χ1n) is 3.44. The van der Waals surface area contributed by atoms with Crippen molar-refractivity contribution in [2.24, 2.45) is 0 Å². The summed E-state index contributed by atoms with van der Waals surface area (Å²) in [6.07, 6.45) is 0. The topological polar surface area (TPSA) is 29.6 Å². The lowest BCUT2D eigenvalue weighted by Gasteiger charge is -1.61. The van der Waals surface area contributed by atoms with E-state index < -0.39 is 0 Å². The fourth-order valence-corrected chi connectivity index (χ4v) is 0.611. The summed E-state index contributed by atoms with van der Waals surface area (Å²) >= 11 is 0. The molecule has 11 heavy (non-hydrogen) atoms. The zero-order chi connectivity index (χ0) is 8.27. The van der Waals surface area contributed by atoms with Crippen LogP contribution in [-0.2, 0) is 4.79 Å². The highest BCUT2D eigenvalue weighted by Crippen LogP contribution is 2.43. The van der Waals surface area contributed by atoms with E-state index in [2.05, 4.69) is 0 Å². The number of fused-ring (bicyclic) bond motifs is 1. The molecular weight excluding hydrogens is 140 g/mol. The summed E-state index contributed by atoms with van der Waals surface area (Å²) in [6.45, 7) is 3.06. The molecule has 0 bridgehead atoms. The molecule has 0 saturated heterocycles. The minimum atomic E-state index is 0.167. The molecule has 0 amide bonds. The van der Waals surface area contributed by atoms with Crippen LogP contribution in [0.15, 0.2) is 24.3 Å². The van der Waals surface area contributed by atoms with Gasteiger partial charge in [0.25, 0.3) is 0 Å². The second kappa shape index (κ2) is 3.19. The molecule has 2 heteroatoms. The van der Waals surface area contributed by atoms with Crippen molar-refractivity contribution in [3.05, 3.63) is 24.3 Å². The number of ketones is 1. The Morgan fingerprint density at radius 2 is 1.55 bits per heavy atom. The molecule has 2 rings (SSSR count). The molecule has 58 valence electrons. The van der Waals surface area contributed by atoms with E-state index in [4.69, 9.17) is 4.74 Å². The zero-order valence-electron chi connectivity index (χ0n) is 6.63. The van der Waals surface area contributed by atoms with Crippen molar-refractivity contribution in [1.29, 1.82) is 0 Å². The van der Waals surface area contributed by atoms with Gasteiger partial charge in [-0.05, 0) is 26.0 Å². The molecule has 0 radical (unpaired) electrons. The average molecular weight is 150 g/mol. The van der Waals surface area contributed by atoms with Crippen LogP contribution in [0.3, 0.4) is 0 Å². The molecule has 0 aromatic heterocycles. The number of hydrogen-bond acceptors (Lipinski definition) is 2. The summed E-state index contributed by atoms with van der Waals surface area (Å²) in [5, 5.41) is 0. The molecule has 0 spiro atoms. The van der Waals surface area contributed by atoms with Gasteiger partial charge in [0, 0.05) is 0 Å². The molecule has 0 N–H and O–H groups in total. The van der Waals surface area contributed by atoms with Crippen LogP contribution in [-0.4, -0.2) is 5.78 Å². The highest BCUT2D eigenvalue weighted by Gasteiger charge is 2.15. The molecule has 1 heterocycles. The number of Topliss-reactive ketones (excluding diaryl/α,β-unsaturated/α-hetero) is 1. The highest BCUT2D eigenvalue weighted by atomic mass is 16.6. The molecular formula is C9H10O2. The van der Waals surface area contributed by atoms with Crippen molar-refractivity contribution >= 4 is 5.78 Å². The van der Waals surface area contributed by atoms with E-state index in [9.17, 15) is 4.79 Å². The Morgan fingerprint density at radius 1 is 1.18 bits per heavy atom. The van der Waals surface area contributed by atoms with Crippen LogP contribution in [0.1, 0.15) is 13.8 Å². The minimum absolute atomic E-state index is 0.167. The molecule has 0 aliphatic carbocycles. The molecule has 0 unspecified atom stereocenters. The minimum Gasteiger partial charge on any atom is -0.450 e. The number of para-hydroxylation sites is 2. The third-order valence-electron chi connectivity index (χ3n) is 1.03. The van der Waals surface area contributed by atoms with E-state index in [1.54, 1.807) is 0 Å². The summed E-state index contributed by atoms with van der Waals surface area (Å²) in [6, 6.07) is 7.84. The molecule has 0 atom stereocenters. The van der Waals surface area contributed by atoms with Gasteiger partial charge in [-0.1, -0.05) is 12.1 Å². The van der Waals surface area contributed by atoms with Crippen LogP contribution in [0, 0.1) is 0 Å². The lowest BCUT2D eigenvalue weighted by Crippen LogP contribution is -1.69. The normalized spacial score (nSPS) is 10.0. The number of hydrogen-bond donors (Lipinski definition) is 0. The summed E-state index contributed by atoms with van der Waals surface area (Å²) in [7, 11) is 0.